The highest BCUT2D eigenvalue weighted by atomic mass is 35.5. The highest BCUT2D eigenvalue weighted by Crippen LogP contribution is 2.23. The van der Waals surface area contributed by atoms with Crippen LogP contribution in [-0.2, 0) is 4.74 Å². The molecule has 1 atom stereocenters. The topological polar surface area (TPSA) is 63.2 Å². The Labute approximate surface area is 134 Å². The van der Waals surface area contributed by atoms with E-state index in [1.165, 1.54) is 6.33 Å². The van der Waals surface area contributed by atoms with E-state index in [1.54, 1.807) is 0 Å². The van der Waals surface area contributed by atoms with Crippen molar-refractivity contribution >= 4 is 29.2 Å². The van der Waals surface area contributed by atoms with Gasteiger partial charge in [-0.1, -0.05) is 17.7 Å². The number of hydrogen-bond donors (Lipinski definition) is 1. The van der Waals surface area contributed by atoms with Gasteiger partial charge in [0.05, 0.1) is 6.10 Å². The van der Waals surface area contributed by atoms with Crippen LogP contribution < -0.4 is 10.2 Å². The van der Waals surface area contributed by atoms with E-state index in [0.717, 1.165) is 25.1 Å². The maximum atomic E-state index is 6.02. The second kappa shape index (κ2) is 6.89. The van der Waals surface area contributed by atoms with Gasteiger partial charge in [0, 0.05) is 30.9 Å². The number of ether oxygens (including phenoxy) is 1. The molecule has 3 rings (SSSR count). The summed E-state index contributed by atoms with van der Waals surface area (Å²) in [4.78, 5) is 14.7. The Bertz CT molecular complexity index is 633. The normalized spacial score (nSPS) is 17.5. The van der Waals surface area contributed by atoms with Gasteiger partial charge >= 0.3 is 0 Å². The molecule has 1 N–H and O–H groups in total. The van der Waals surface area contributed by atoms with Gasteiger partial charge in [-0.3, -0.25) is 0 Å². The van der Waals surface area contributed by atoms with Crippen molar-refractivity contribution < 1.29 is 4.74 Å². The minimum Gasteiger partial charge on any atom is -0.376 e. The molecule has 1 aliphatic rings. The van der Waals surface area contributed by atoms with Crippen LogP contribution in [0.15, 0.2) is 30.6 Å². The molecule has 6 nitrogen and oxygen atoms in total. The molecule has 0 aliphatic carbocycles. The number of nitrogens with one attached hydrogen (secondary N) is 1. The SMILES string of the molecule is CN(c1cccc(Cl)c1)c1ncnc(NCC2CCCO2)n1. The van der Waals surface area contributed by atoms with Crippen LogP contribution >= 0.6 is 11.6 Å². The van der Waals surface area contributed by atoms with Crippen LogP contribution in [0.1, 0.15) is 12.8 Å². The van der Waals surface area contributed by atoms with Gasteiger partial charge in [0.25, 0.3) is 0 Å². The Morgan fingerprint density at radius 1 is 1.41 bits per heavy atom. The molecule has 116 valence electrons. The Kier molecular flexibility index (Phi) is 4.70. The predicted octanol–water partition coefficient (Wildman–Crippen LogP) is 2.88. The van der Waals surface area contributed by atoms with Crippen LogP contribution in [0.25, 0.3) is 0 Å². The number of hydrogen-bond acceptors (Lipinski definition) is 6. The Morgan fingerprint density at radius 2 is 2.32 bits per heavy atom. The number of aromatic nitrogens is 3. The molecular formula is C15H18ClN5O. The second-order valence-electron chi connectivity index (χ2n) is 5.16. The maximum absolute atomic E-state index is 6.02. The van der Waals surface area contributed by atoms with Crippen molar-refractivity contribution in [2.75, 3.05) is 30.4 Å². The zero-order valence-corrected chi connectivity index (χ0v) is 13.1. The Hall–Kier alpha value is -1.92. The summed E-state index contributed by atoms with van der Waals surface area (Å²) in [7, 11) is 1.89. The number of rotatable bonds is 5. The average molecular weight is 320 g/mol. The van der Waals surface area contributed by atoms with E-state index in [9.17, 15) is 0 Å². The smallest absolute Gasteiger partial charge is 0.234 e. The number of halogens is 1. The van der Waals surface area contributed by atoms with E-state index in [4.69, 9.17) is 16.3 Å². The van der Waals surface area contributed by atoms with Gasteiger partial charge in [-0.05, 0) is 31.0 Å². The lowest BCUT2D eigenvalue weighted by molar-refractivity contribution is 0.120. The minimum absolute atomic E-state index is 0.242. The van der Waals surface area contributed by atoms with Crippen LogP contribution in [0, 0.1) is 0 Å². The van der Waals surface area contributed by atoms with E-state index in [1.807, 2.05) is 36.2 Å². The second-order valence-corrected chi connectivity index (χ2v) is 5.60. The zero-order chi connectivity index (χ0) is 15.4. The summed E-state index contributed by atoms with van der Waals surface area (Å²) in [6.45, 7) is 1.55. The van der Waals surface area contributed by atoms with Crippen molar-refractivity contribution in [2.24, 2.45) is 0 Å². The molecule has 0 amide bonds. The lowest BCUT2D eigenvalue weighted by Crippen LogP contribution is -2.21. The molecule has 1 aromatic carbocycles. The highest BCUT2D eigenvalue weighted by Gasteiger charge is 2.16. The maximum Gasteiger partial charge on any atom is 0.234 e. The van der Waals surface area contributed by atoms with E-state index < -0.39 is 0 Å². The van der Waals surface area contributed by atoms with Crippen LogP contribution in [-0.4, -0.2) is 41.3 Å². The van der Waals surface area contributed by atoms with Gasteiger partial charge < -0.3 is 15.0 Å². The molecule has 1 saturated heterocycles. The predicted molar refractivity (Wildman–Crippen MR) is 86.8 cm³/mol. The van der Waals surface area contributed by atoms with Gasteiger partial charge in [-0.2, -0.15) is 4.98 Å². The molecular weight excluding hydrogens is 302 g/mol. The molecule has 22 heavy (non-hydrogen) atoms. The molecule has 1 fully saturated rings. The Balaban J connectivity index is 1.69. The first kappa shape index (κ1) is 15.0. The van der Waals surface area contributed by atoms with E-state index in [-0.39, 0.29) is 6.10 Å². The van der Waals surface area contributed by atoms with Gasteiger partial charge in [-0.25, -0.2) is 9.97 Å². The van der Waals surface area contributed by atoms with Gasteiger partial charge in [-0.15, -0.1) is 0 Å². The molecule has 0 radical (unpaired) electrons. The van der Waals surface area contributed by atoms with Crippen LogP contribution in [0.2, 0.25) is 5.02 Å². The molecule has 2 aromatic rings. The zero-order valence-electron chi connectivity index (χ0n) is 12.4. The van der Waals surface area contributed by atoms with E-state index >= 15 is 0 Å². The summed E-state index contributed by atoms with van der Waals surface area (Å²) in [5.41, 5.74) is 0.920. The molecule has 0 bridgehead atoms. The van der Waals surface area contributed by atoms with E-state index in [0.29, 0.717) is 23.5 Å². The first-order valence-electron chi connectivity index (χ1n) is 7.26. The summed E-state index contributed by atoms with van der Waals surface area (Å²) in [6.07, 6.45) is 3.94. The fraction of sp³-hybridized carbons (Fsp3) is 0.400. The van der Waals surface area contributed by atoms with Crippen LogP contribution in [0.4, 0.5) is 17.6 Å². The van der Waals surface area contributed by atoms with Crippen molar-refractivity contribution in [2.45, 2.75) is 18.9 Å². The van der Waals surface area contributed by atoms with Crippen molar-refractivity contribution in [3.63, 3.8) is 0 Å². The molecule has 7 heteroatoms. The highest BCUT2D eigenvalue weighted by molar-refractivity contribution is 6.30. The third-order valence-corrected chi connectivity index (χ3v) is 3.80. The van der Waals surface area contributed by atoms with Crippen molar-refractivity contribution in [1.82, 2.24) is 15.0 Å². The minimum atomic E-state index is 0.242. The summed E-state index contributed by atoms with van der Waals surface area (Å²) in [6, 6.07) is 7.55. The van der Waals surface area contributed by atoms with E-state index in [2.05, 4.69) is 20.3 Å². The Morgan fingerprint density at radius 3 is 3.09 bits per heavy atom. The molecule has 0 saturated carbocycles. The van der Waals surface area contributed by atoms with Crippen molar-refractivity contribution in [3.05, 3.63) is 35.6 Å². The number of nitrogens with zero attached hydrogens (tertiary/aromatic N) is 4. The fourth-order valence-electron chi connectivity index (χ4n) is 2.35. The average Bonchev–Trinajstić information content (AvgIpc) is 3.06. The van der Waals surface area contributed by atoms with Crippen molar-refractivity contribution in [3.8, 4) is 0 Å². The monoisotopic (exact) mass is 319 g/mol. The van der Waals surface area contributed by atoms with Crippen LogP contribution in [0.3, 0.4) is 0 Å². The summed E-state index contributed by atoms with van der Waals surface area (Å²) < 4.78 is 5.58. The van der Waals surface area contributed by atoms with Crippen LogP contribution in [0.5, 0.6) is 0 Å². The third kappa shape index (κ3) is 3.64. The first-order valence-corrected chi connectivity index (χ1v) is 7.64. The number of benzene rings is 1. The van der Waals surface area contributed by atoms with Gasteiger partial charge in [0.15, 0.2) is 0 Å². The largest absolute Gasteiger partial charge is 0.376 e. The standard InChI is InChI=1S/C15H18ClN5O/c1-21(12-5-2-4-11(16)8-12)15-19-10-18-14(20-15)17-9-13-6-3-7-22-13/h2,4-5,8,10,13H,3,6-7,9H2,1H3,(H,17,18,19,20). The summed E-state index contributed by atoms with van der Waals surface area (Å²) in [5.74, 6) is 1.11. The molecule has 1 aliphatic heterocycles. The molecule has 2 heterocycles. The summed E-state index contributed by atoms with van der Waals surface area (Å²) >= 11 is 6.02. The van der Waals surface area contributed by atoms with Gasteiger partial charge in [0.1, 0.15) is 6.33 Å². The lowest BCUT2D eigenvalue weighted by atomic mass is 10.2. The summed E-state index contributed by atoms with van der Waals surface area (Å²) in [5, 5.41) is 3.88. The fourth-order valence-corrected chi connectivity index (χ4v) is 2.53. The van der Waals surface area contributed by atoms with Gasteiger partial charge in [0.2, 0.25) is 11.9 Å². The molecule has 1 aromatic heterocycles. The first-order chi connectivity index (χ1) is 10.7. The third-order valence-electron chi connectivity index (χ3n) is 3.57. The molecule has 1 unspecified atom stereocenters. The quantitative estimate of drug-likeness (QED) is 0.914. The lowest BCUT2D eigenvalue weighted by Gasteiger charge is -2.18. The molecule has 0 spiro atoms. The number of anilines is 3. The van der Waals surface area contributed by atoms with Crippen molar-refractivity contribution in [1.29, 1.82) is 0 Å².